The monoisotopic (exact) mass is 560 g/mol. The molecule has 0 saturated heterocycles. The molecule has 1 aromatic carbocycles. The van der Waals surface area contributed by atoms with Gasteiger partial charge < -0.3 is 0 Å². The Morgan fingerprint density at radius 1 is 0.686 bits per heavy atom. The van der Waals surface area contributed by atoms with Crippen LogP contribution < -0.4 is 0 Å². The minimum atomic E-state index is 1.24. The Balaban J connectivity index is 1.56. The highest BCUT2D eigenvalue weighted by Crippen LogP contribution is 2.51. The second kappa shape index (κ2) is 15.1. The lowest BCUT2D eigenvalue weighted by atomic mass is 10.1. The van der Waals surface area contributed by atoms with E-state index in [0.717, 1.165) is 0 Å². The van der Waals surface area contributed by atoms with Crippen molar-refractivity contribution in [1.29, 1.82) is 0 Å². The largest absolute Gasteiger partial charge is 0.143 e. The Hall–Kier alpha value is -0.460. The van der Waals surface area contributed by atoms with Crippen LogP contribution in [0.3, 0.4) is 0 Å². The van der Waals surface area contributed by atoms with Crippen LogP contribution in [0.4, 0.5) is 0 Å². The Bertz CT molecular complexity index is 1130. The molecule has 0 fully saturated rings. The van der Waals surface area contributed by atoms with Crippen molar-refractivity contribution in [1.82, 2.24) is 0 Å². The molecule has 0 radical (unpaired) electrons. The Kier molecular flexibility index (Phi) is 11.9. The first-order valence-electron chi connectivity index (χ1n) is 13.6. The van der Waals surface area contributed by atoms with Crippen LogP contribution in [0.2, 0.25) is 0 Å². The number of hydrogen-bond donors (Lipinski definition) is 0. The van der Waals surface area contributed by atoms with E-state index in [0.29, 0.717) is 0 Å². The molecule has 0 spiro atoms. The third-order valence-electron chi connectivity index (χ3n) is 6.54. The van der Waals surface area contributed by atoms with Crippen LogP contribution >= 0.6 is 57.5 Å². The fraction of sp³-hybridized carbons (Fsp3) is 0.533. The normalized spacial score (nSPS) is 11.8. The van der Waals surface area contributed by atoms with Crippen LogP contribution in [0.15, 0.2) is 44.8 Å². The van der Waals surface area contributed by atoms with Crippen LogP contribution in [0.25, 0.3) is 29.9 Å². The highest BCUT2D eigenvalue weighted by atomic mass is 32.2. The molecular formula is C30H40S5. The van der Waals surface area contributed by atoms with Crippen LogP contribution in [-0.2, 0) is 0 Å². The van der Waals surface area contributed by atoms with Gasteiger partial charge in [-0.15, -0.1) is 57.5 Å². The number of rotatable bonds is 17. The molecule has 4 rings (SSSR count). The minimum Gasteiger partial charge on any atom is -0.143 e. The number of thiophene rings is 3. The van der Waals surface area contributed by atoms with Gasteiger partial charge in [-0.25, -0.2) is 0 Å². The van der Waals surface area contributed by atoms with E-state index in [-0.39, 0.29) is 0 Å². The highest BCUT2D eigenvalue weighted by molar-refractivity contribution is 8.00. The molecule has 0 atom stereocenters. The summed E-state index contributed by atoms with van der Waals surface area (Å²) in [6.45, 7) is 4.60. The smallest absolute Gasteiger partial charge is 0.0591 e. The van der Waals surface area contributed by atoms with Crippen LogP contribution in [-0.4, -0.2) is 11.5 Å². The molecule has 0 nitrogen and oxygen atoms in total. The first kappa shape index (κ1) is 27.6. The van der Waals surface area contributed by atoms with Gasteiger partial charge in [-0.2, -0.15) is 0 Å². The lowest BCUT2D eigenvalue weighted by Gasteiger charge is -2.10. The standard InChI is InChI=1S/C30H40S5/c1-3-5-7-9-11-13-18-32-29-26-25(22-23-17-21-34-27(23)29)35-28(24-16-15-20-31-24)30(26)33-19-14-12-10-8-6-4-2/h15-17,20-22H,3-14,18-19H2,1-2H3. The summed E-state index contributed by atoms with van der Waals surface area (Å²) in [5.41, 5.74) is 0. The van der Waals surface area contributed by atoms with E-state index in [2.05, 4.69) is 72.4 Å². The first-order chi connectivity index (χ1) is 17.3. The molecule has 190 valence electrons. The molecule has 0 aliphatic rings. The van der Waals surface area contributed by atoms with Crippen molar-refractivity contribution in [3.63, 3.8) is 0 Å². The molecule has 5 heteroatoms. The Labute approximate surface area is 233 Å². The summed E-state index contributed by atoms with van der Waals surface area (Å²) in [6, 6.07) is 9.31. The van der Waals surface area contributed by atoms with Gasteiger partial charge >= 0.3 is 0 Å². The molecule has 0 aliphatic carbocycles. The van der Waals surface area contributed by atoms with Crippen molar-refractivity contribution in [2.24, 2.45) is 0 Å². The molecular weight excluding hydrogens is 521 g/mol. The summed E-state index contributed by atoms with van der Waals surface area (Å²) in [5, 5.41) is 7.50. The fourth-order valence-electron chi connectivity index (χ4n) is 4.58. The van der Waals surface area contributed by atoms with Gasteiger partial charge in [0.05, 0.1) is 4.88 Å². The maximum atomic E-state index is 2.46. The summed E-state index contributed by atoms with van der Waals surface area (Å²) in [7, 11) is 0. The SMILES string of the molecule is CCCCCCCCSc1c(-c2cccs2)sc2cc3ccsc3c(SCCCCCCCC)c12. The Morgan fingerprint density at radius 3 is 2.00 bits per heavy atom. The van der Waals surface area contributed by atoms with Crippen LogP contribution in [0.1, 0.15) is 90.9 Å². The van der Waals surface area contributed by atoms with E-state index in [9.17, 15) is 0 Å². The lowest BCUT2D eigenvalue weighted by Crippen LogP contribution is -1.86. The summed E-state index contributed by atoms with van der Waals surface area (Å²) in [5.74, 6) is 2.48. The molecule has 3 heterocycles. The number of fused-ring (bicyclic) bond motifs is 2. The first-order valence-corrected chi connectivity index (χ1v) is 18.1. The van der Waals surface area contributed by atoms with E-state index in [1.54, 1.807) is 15.2 Å². The summed E-state index contributed by atoms with van der Waals surface area (Å²) >= 11 is 10.1. The number of hydrogen-bond acceptors (Lipinski definition) is 5. The summed E-state index contributed by atoms with van der Waals surface area (Å²) in [4.78, 5) is 6.06. The fourth-order valence-corrected chi connectivity index (χ4v) is 10.6. The topological polar surface area (TPSA) is 0 Å². The third kappa shape index (κ3) is 7.54. The molecule has 0 aliphatic heterocycles. The zero-order valence-electron chi connectivity index (χ0n) is 21.4. The molecule has 0 bridgehead atoms. The van der Waals surface area contributed by atoms with Crippen molar-refractivity contribution in [3.8, 4) is 9.75 Å². The molecule has 0 saturated carbocycles. The quantitative estimate of drug-likeness (QED) is 0.0930. The maximum Gasteiger partial charge on any atom is 0.0591 e. The maximum absolute atomic E-state index is 2.46. The molecule has 4 aromatic rings. The van der Waals surface area contributed by atoms with Crippen LogP contribution in [0, 0.1) is 0 Å². The van der Waals surface area contributed by atoms with E-state index in [1.807, 2.05) is 34.0 Å². The molecule has 0 amide bonds. The Morgan fingerprint density at radius 2 is 1.34 bits per heavy atom. The molecule has 0 unspecified atom stereocenters. The van der Waals surface area contributed by atoms with E-state index in [1.165, 1.54) is 113 Å². The number of benzene rings is 1. The summed E-state index contributed by atoms with van der Waals surface area (Å²) in [6.07, 6.45) is 16.4. The minimum absolute atomic E-state index is 1.24. The molecule has 35 heavy (non-hydrogen) atoms. The average Bonchev–Trinajstić information content (AvgIpc) is 3.62. The van der Waals surface area contributed by atoms with E-state index >= 15 is 0 Å². The third-order valence-corrected chi connectivity index (χ3v) is 12.3. The zero-order chi connectivity index (χ0) is 24.3. The van der Waals surface area contributed by atoms with Gasteiger partial charge in [0.25, 0.3) is 0 Å². The number of unbranched alkanes of at least 4 members (excludes halogenated alkanes) is 10. The second-order valence-corrected chi connectivity index (χ2v) is 14.5. The van der Waals surface area contributed by atoms with Gasteiger partial charge in [0.2, 0.25) is 0 Å². The van der Waals surface area contributed by atoms with Crippen LogP contribution in [0.5, 0.6) is 0 Å². The predicted molar refractivity (Wildman–Crippen MR) is 169 cm³/mol. The van der Waals surface area contributed by atoms with Gasteiger partial charge in [-0.1, -0.05) is 84.1 Å². The van der Waals surface area contributed by atoms with Gasteiger partial charge in [0.15, 0.2) is 0 Å². The second-order valence-electron chi connectivity index (χ2n) is 9.39. The molecule has 3 aromatic heterocycles. The van der Waals surface area contributed by atoms with Crippen molar-refractivity contribution in [2.75, 3.05) is 11.5 Å². The van der Waals surface area contributed by atoms with Crippen molar-refractivity contribution >= 4 is 77.7 Å². The van der Waals surface area contributed by atoms with Gasteiger partial charge in [0.1, 0.15) is 0 Å². The summed E-state index contributed by atoms with van der Waals surface area (Å²) < 4.78 is 2.99. The molecule has 0 N–H and O–H groups in total. The zero-order valence-corrected chi connectivity index (χ0v) is 25.5. The van der Waals surface area contributed by atoms with E-state index in [4.69, 9.17) is 0 Å². The van der Waals surface area contributed by atoms with Gasteiger partial charge in [-0.3, -0.25) is 0 Å². The average molecular weight is 561 g/mol. The van der Waals surface area contributed by atoms with Gasteiger partial charge in [0, 0.05) is 29.5 Å². The van der Waals surface area contributed by atoms with Gasteiger partial charge in [-0.05, 0) is 58.7 Å². The predicted octanol–water partition coefficient (Wildman–Crippen LogP) is 12.7. The van der Waals surface area contributed by atoms with Crippen molar-refractivity contribution < 1.29 is 0 Å². The van der Waals surface area contributed by atoms with Crippen molar-refractivity contribution in [2.45, 2.75) is 101 Å². The lowest BCUT2D eigenvalue weighted by molar-refractivity contribution is 0.627. The van der Waals surface area contributed by atoms with E-state index < -0.39 is 0 Å². The van der Waals surface area contributed by atoms with Crippen molar-refractivity contribution in [3.05, 3.63) is 35.0 Å². The number of thioether (sulfide) groups is 2. The highest BCUT2D eigenvalue weighted by Gasteiger charge is 2.21.